The van der Waals surface area contributed by atoms with Gasteiger partial charge in [-0.05, 0) is 0 Å². The third-order valence-electron chi connectivity index (χ3n) is 0. The predicted molar refractivity (Wildman–Crippen MR) is 10.7 cm³/mol. The van der Waals surface area contributed by atoms with Crippen LogP contribution in [0.15, 0.2) is 0 Å². The van der Waals surface area contributed by atoms with Crippen LogP contribution in [0.1, 0.15) is 0 Å². The Morgan fingerprint density at radius 1 is 1.40 bits per heavy atom. The third-order valence-corrected chi connectivity index (χ3v) is 0. The summed E-state index contributed by atoms with van der Waals surface area (Å²) >= 11 is 0. The fourth-order valence-electron chi connectivity index (χ4n) is 0. The average Bonchev–Trinajstić information content (AvgIpc) is 0.811. The van der Waals surface area contributed by atoms with Crippen molar-refractivity contribution < 1.29 is 54.9 Å². The number of carboxylic acid groups (broad SMARTS) is 2. The Morgan fingerprint density at radius 2 is 1.40 bits per heavy atom. The molecule has 0 heterocycles. The molecule has 0 aliphatic heterocycles. The summed E-state index contributed by atoms with van der Waals surface area (Å²) in [6.07, 6.45) is -1.83. The van der Waals surface area contributed by atoms with Crippen molar-refractivity contribution >= 4 is 6.16 Å². The summed E-state index contributed by atoms with van der Waals surface area (Å²) in [5, 5.41) is 13.9. The Kier molecular flexibility index (Phi) is 8.40. The molecular weight excluding hydrogens is 292 g/mol. The Bertz CT molecular complexity index is 29.9. The summed E-state index contributed by atoms with van der Waals surface area (Å²) in [6.45, 7) is 0. The van der Waals surface area contributed by atoms with Crippen LogP contribution in [0.3, 0.4) is 0 Å². The zero-order chi connectivity index (χ0) is 3.58. The monoisotopic (exact) mass is 294 g/mol. The van der Waals surface area contributed by atoms with E-state index in [0.29, 0.717) is 0 Å². The van der Waals surface area contributed by atoms with Crippen LogP contribution in [-0.4, -0.2) is 16.4 Å². The molecule has 0 spiro atoms. The van der Waals surface area contributed by atoms with Gasteiger partial charge >= 0.3 is 6.16 Å². The first-order chi connectivity index (χ1) is 1.73. The Balaban J connectivity index is 0. The molecule has 0 rings (SSSR count). The van der Waals surface area contributed by atoms with Gasteiger partial charge in [-0.1, -0.05) is 0 Å². The molecule has 0 saturated heterocycles. The molecule has 28 valence electrons. The van der Waals surface area contributed by atoms with Crippen molar-refractivity contribution in [3.63, 3.8) is 0 Å². The van der Waals surface area contributed by atoms with Gasteiger partial charge in [-0.15, -0.1) is 0 Å². The van der Waals surface area contributed by atoms with Gasteiger partial charge in [0.05, 0.1) is 0 Å². The molecule has 5 heavy (non-hydrogen) atoms. The van der Waals surface area contributed by atoms with E-state index in [2.05, 4.69) is 0 Å². The first kappa shape index (κ1) is 9.14. The van der Waals surface area contributed by atoms with E-state index < -0.39 is 6.16 Å². The molecule has 3 nitrogen and oxygen atoms in total. The summed E-state index contributed by atoms with van der Waals surface area (Å²) < 4.78 is 0. The maximum atomic E-state index is 8.56. The average molecular weight is 294 g/mol. The molecule has 0 aromatic rings. The third kappa shape index (κ3) is 87.5. The van der Waals surface area contributed by atoms with Crippen LogP contribution in [-0.2, 0) is 0 Å². The summed E-state index contributed by atoms with van der Waals surface area (Å²) in [6, 6.07) is 0. The van der Waals surface area contributed by atoms with Crippen molar-refractivity contribution in [2.45, 2.75) is 0 Å². The molecular formula is CH2O3Th. The molecule has 0 saturated carbocycles. The van der Waals surface area contributed by atoms with Gasteiger partial charge in [-0.3, -0.25) is 0 Å². The van der Waals surface area contributed by atoms with Crippen LogP contribution in [0.2, 0.25) is 0 Å². The molecule has 0 aliphatic rings. The van der Waals surface area contributed by atoms with Crippen LogP contribution in [0.5, 0.6) is 0 Å². The van der Waals surface area contributed by atoms with Crippen LogP contribution >= 0.6 is 0 Å². The van der Waals surface area contributed by atoms with Gasteiger partial charge in [-0.25, -0.2) is 4.79 Å². The molecule has 4 heteroatoms. The van der Waals surface area contributed by atoms with Gasteiger partial charge in [0.1, 0.15) is 0 Å². The zero-order valence-electron chi connectivity index (χ0n) is 2.30. The normalized spacial score (nSPS) is 4.80. The van der Waals surface area contributed by atoms with E-state index in [1.165, 1.54) is 0 Å². The van der Waals surface area contributed by atoms with Gasteiger partial charge in [0.25, 0.3) is 0 Å². The smallest absolute Gasteiger partial charge is 0.450 e. The summed E-state index contributed by atoms with van der Waals surface area (Å²) in [7, 11) is 0. The molecule has 2 N–H and O–H groups in total. The summed E-state index contributed by atoms with van der Waals surface area (Å²) in [5.41, 5.74) is 0. The number of carbonyl (C=O) groups is 1. The fourth-order valence-corrected chi connectivity index (χ4v) is 0. The molecule has 0 atom stereocenters. The van der Waals surface area contributed by atoms with E-state index >= 15 is 0 Å². The van der Waals surface area contributed by atoms with Crippen LogP contribution in [0.25, 0.3) is 0 Å². The Labute approximate surface area is 60.7 Å². The van der Waals surface area contributed by atoms with Gasteiger partial charge in [0, 0.05) is 39.9 Å². The van der Waals surface area contributed by atoms with Gasteiger partial charge < -0.3 is 10.2 Å². The van der Waals surface area contributed by atoms with Crippen molar-refractivity contribution in [3.8, 4) is 0 Å². The Morgan fingerprint density at radius 3 is 1.40 bits per heavy atom. The van der Waals surface area contributed by atoms with E-state index in [1.54, 1.807) is 0 Å². The SMILES string of the molecule is O=C(O)O.[Th]. The van der Waals surface area contributed by atoms with E-state index in [0.717, 1.165) is 0 Å². The second kappa shape index (κ2) is 4.59. The largest absolute Gasteiger partial charge is 0.503 e. The molecule has 0 fully saturated rings. The van der Waals surface area contributed by atoms with E-state index in [9.17, 15) is 0 Å². The van der Waals surface area contributed by atoms with E-state index in [1.807, 2.05) is 0 Å². The topological polar surface area (TPSA) is 57.5 Å². The number of rotatable bonds is 0. The minimum atomic E-state index is -1.83. The molecule has 0 amide bonds. The van der Waals surface area contributed by atoms with Crippen LogP contribution in [0, 0.1) is 39.9 Å². The quantitative estimate of drug-likeness (QED) is 0.672. The molecule has 0 radical (unpaired) electrons. The minimum absolute atomic E-state index is 0. The summed E-state index contributed by atoms with van der Waals surface area (Å²) in [4.78, 5) is 8.56. The first-order valence-electron chi connectivity index (χ1n) is 0.651. The summed E-state index contributed by atoms with van der Waals surface area (Å²) in [5.74, 6) is 0. The van der Waals surface area contributed by atoms with Gasteiger partial charge in [-0.2, -0.15) is 0 Å². The maximum Gasteiger partial charge on any atom is 0.503 e. The minimum Gasteiger partial charge on any atom is -0.450 e. The van der Waals surface area contributed by atoms with Crippen LogP contribution < -0.4 is 0 Å². The molecule has 0 aromatic carbocycles. The Hall–Kier alpha value is 0.595. The van der Waals surface area contributed by atoms with Crippen LogP contribution in [0.4, 0.5) is 4.79 Å². The molecule has 0 bridgehead atoms. The fraction of sp³-hybridized carbons (Fsp3) is 0. The second-order valence-corrected chi connectivity index (χ2v) is 0.283. The van der Waals surface area contributed by atoms with E-state index in [-0.39, 0.29) is 39.9 Å². The number of hydrogen-bond donors (Lipinski definition) is 2. The molecule has 0 aromatic heterocycles. The van der Waals surface area contributed by atoms with Gasteiger partial charge in [0.2, 0.25) is 0 Å². The first-order valence-corrected chi connectivity index (χ1v) is 0.651. The predicted octanol–water partition coefficient (Wildman–Crippen LogP) is 0.222. The number of hydrogen-bond acceptors (Lipinski definition) is 1. The van der Waals surface area contributed by atoms with Crippen molar-refractivity contribution in [1.82, 2.24) is 0 Å². The zero-order valence-corrected chi connectivity index (χ0v) is 6.41. The molecule has 0 aliphatic carbocycles. The van der Waals surface area contributed by atoms with E-state index in [4.69, 9.17) is 15.0 Å². The van der Waals surface area contributed by atoms with Crippen molar-refractivity contribution in [1.29, 1.82) is 0 Å². The molecule has 0 unspecified atom stereocenters. The van der Waals surface area contributed by atoms with Gasteiger partial charge in [0.15, 0.2) is 0 Å². The standard InChI is InChI=1S/CH2O3.Th/c2-1(3)4;/h(H2,2,3,4);. The van der Waals surface area contributed by atoms with Crippen molar-refractivity contribution in [2.24, 2.45) is 0 Å². The van der Waals surface area contributed by atoms with Crippen molar-refractivity contribution in [2.75, 3.05) is 0 Å². The maximum absolute atomic E-state index is 8.56. The van der Waals surface area contributed by atoms with Crippen molar-refractivity contribution in [3.05, 3.63) is 0 Å². The second-order valence-electron chi connectivity index (χ2n) is 0.283.